The van der Waals surface area contributed by atoms with Crippen molar-refractivity contribution in [1.29, 1.82) is 0 Å². The van der Waals surface area contributed by atoms with Crippen LogP contribution >= 0.6 is 0 Å². The number of hydrogen-bond acceptors (Lipinski definition) is 3. The molecule has 3 heterocycles. The van der Waals surface area contributed by atoms with Gasteiger partial charge in [0.05, 0.1) is 22.4 Å². The van der Waals surface area contributed by atoms with Crippen LogP contribution in [-0.2, 0) is 0 Å². The zero-order chi connectivity index (χ0) is 23.9. The highest BCUT2D eigenvalue weighted by Gasteiger charge is 2.08. The molecule has 36 heavy (non-hydrogen) atoms. The molecule has 0 amide bonds. The molecule has 3 nitrogen and oxygen atoms in total. The smallest absolute Gasteiger partial charge is 0.0725 e. The average molecular weight is 460 g/mol. The van der Waals surface area contributed by atoms with E-state index < -0.39 is 0 Å². The number of nitrogens with zero attached hydrogens (tertiary/aromatic N) is 3. The lowest BCUT2D eigenvalue weighted by atomic mass is 9.99. The molecule has 7 rings (SSSR count). The second kappa shape index (κ2) is 8.40. The fourth-order valence-electron chi connectivity index (χ4n) is 4.88. The summed E-state index contributed by atoms with van der Waals surface area (Å²) in [4.78, 5) is 14.1. The Morgan fingerprint density at radius 2 is 1.14 bits per heavy atom. The van der Waals surface area contributed by atoms with Crippen LogP contribution in [0.15, 0.2) is 128 Å². The van der Waals surface area contributed by atoms with Crippen molar-refractivity contribution in [3.8, 4) is 33.6 Å². The molecule has 0 bridgehead atoms. The minimum atomic E-state index is 0.933. The molecule has 0 N–H and O–H groups in total. The maximum Gasteiger partial charge on any atom is 0.0725 e. The molecule has 0 aliphatic heterocycles. The second-order valence-electron chi connectivity index (χ2n) is 8.98. The lowest BCUT2D eigenvalue weighted by Gasteiger charge is -2.09. The van der Waals surface area contributed by atoms with Gasteiger partial charge in [-0.1, -0.05) is 66.7 Å². The summed E-state index contributed by atoms with van der Waals surface area (Å²) in [6.07, 6.45) is 3.62. The van der Waals surface area contributed by atoms with Crippen LogP contribution in [0.3, 0.4) is 0 Å². The van der Waals surface area contributed by atoms with Crippen molar-refractivity contribution in [2.45, 2.75) is 0 Å². The van der Waals surface area contributed by atoms with Gasteiger partial charge in [0.25, 0.3) is 0 Å². The molecule has 4 aromatic carbocycles. The number of hydrogen-bond donors (Lipinski definition) is 0. The van der Waals surface area contributed by atoms with Crippen LogP contribution in [0.2, 0.25) is 0 Å². The van der Waals surface area contributed by atoms with Gasteiger partial charge in [-0.05, 0) is 70.4 Å². The summed E-state index contributed by atoms with van der Waals surface area (Å²) in [5.74, 6) is 0. The Balaban J connectivity index is 1.25. The predicted molar refractivity (Wildman–Crippen MR) is 149 cm³/mol. The first-order valence-corrected chi connectivity index (χ1v) is 12.0. The van der Waals surface area contributed by atoms with E-state index in [0.717, 1.165) is 44.3 Å². The van der Waals surface area contributed by atoms with E-state index in [4.69, 9.17) is 9.97 Å². The first kappa shape index (κ1) is 20.5. The monoisotopic (exact) mass is 459 g/mol. The van der Waals surface area contributed by atoms with Gasteiger partial charge in [0.1, 0.15) is 0 Å². The number of pyridine rings is 3. The van der Waals surface area contributed by atoms with Gasteiger partial charge in [-0.3, -0.25) is 4.98 Å². The summed E-state index contributed by atoms with van der Waals surface area (Å²) < 4.78 is 0. The molecule has 0 fully saturated rings. The fourth-order valence-corrected chi connectivity index (χ4v) is 4.88. The second-order valence-corrected chi connectivity index (χ2v) is 8.98. The van der Waals surface area contributed by atoms with Crippen molar-refractivity contribution < 1.29 is 0 Å². The van der Waals surface area contributed by atoms with Gasteiger partial charge in [-0.2, -0.15) is 0 Å². The highest BCUT2D eigenvalue weighted by atomic mass is 14.7. The summed E-state index contributed by atoms with van der Waals surface area (Å²) >= 11 is 0. The minimum Gasteiger partial charge on any atom is -0.264 e. The van der Waals surface area contributed by atoms with Crippen molar-refractivity contribution in [3.63, 3.8) is 0 Å². The van der Waals surface area contributed by atoms with Gasteiger partial charge in [-0.15, -0.1) is 0 Å². The van der Waals surface area contributed by atoms with Gasteiger partial charge < -0.3 is 0 Å². The number of rotatable bonds is 3. The Kier molecular flexibility index (Phi) is 4.78. The molecule has 7 aromatic rings. The van der Waals surface area contributed by atoms with Gasteiger partial charge in [0.15, 0.2) is 0 Å². The van der Waals surface area contributed by atoms with Crippen molar-refractivity contribution in [2.24, 2.45) is 0 Å². The first-order valence-electron chi connectivity index (χ1n) is 12.0. The van der Waals surface area contributed by atoms with Gasteiger partial charge in [-0.25, -0.2) is 9.97 Å². The summed E-state index contributed by atoms with van der Waals surface area (Å²) in [7, 11) is 0. The van der Waals surface area contributed by atoms with E-state index in [-0.39, 0.29) is 0 Å². The topological polar surface area (TPSA) is 38.7 Å². The molecule has 0 atom stereocenters. The molecule has 0 aliphatic carbocycles. The molecule has 0 saturated carbocycles. The summed E-state index contributed by atoms with van der Waals surface area (Å²) in [5, 5.41) is 4.69. The van der Waals surface area contributed by atoms with Gasteiger partial charge >= 0.3 is 0 Å². The number of aromatic nitrogens is 3. The molecule has 0 aliphatic rings. The molecule has 3 heteroatoms. The lowest BCUT2D eigenvalue weighted by Crippen LogP contribution is -1.89. The SMILES string of the molecule is c1cncc(-c2ccc3cc(-c4ccc5nc(-c6cccc7ccccc67)ccc5c4)ccc3n2)c1. The van der Waals surface area contributed by atoms with Crippen LogP contribution in [0.5, 0.6) is 0 Å². The summed E-state index contributed by atoms with van der Waals surface area (Å²) in [5.41, 5.74) is 8.41. The van der Waals surface area contributed by atoms with Crippen molar-refractivity contribution in [1.82, 2.24) is 15.0 Å². The van der Waals surface area contributed by atoms with Gasteiger partial charge in [0, 0.05) is 34.3 Å². The molecule has 0 unspecified atom stereocenters. The Bertz CT molecular complexity index is 1890. The number of fused-ring (bicyclic) bond motifs is 3. The van der Waals surface area contributed by atoms with E-state index >= 15 is 0 Å². The third kappa shape index (κ3) is 3.58. The summed E-state index contributed by atoms with van der Waals surface area (Å²) in [6, 6.07) is 40.2. The number of benzene rings is 4. The molecular weight excluding hydrogens is 438 g/mol. The van der Waals surface area contributed by atoms with Crippen molar-refractivity contribution in [3.05, 3.63) is 128 Å². The molecule has 0 radical (unpaired) electrons. The van der Waals surface area contributed by atoms with Crippen LogP contribution in [0.1, 0.15) is 0 Å². The van der Waals surface area contributed by atoms with E-state index in [2.05, 4.69) is 108 Å². The quantitative estimate of drug-likeness (QED) is 0.267. The molecular formula is C33H21N3. The maximum absolute atomic E-state index is 5.00. The first-order chi connectivity index (χ1) is 17.8. The maximum atomic E-state index is 5.00. The van der Waals surface area contributed by atoms with E-state index in [1.807, 2.05) is 18.3 Å². The Hall–Kier alpha value is -4.89. The zero-order valence-corrected chi connectivity index (χ0v) is 19.5. The Morgan fingerprint density at radius 1 is 0.444 bits per heavy atom. The lowest BCUT2D eigenvalue weighted by molar-refractivity contribution is 1.30. The molecule has 0 spiro atoms. The zero-order valence-electron chi connectivity index (χ0n) is 19.5. The van der Waals surface area contributed by atoms with E-state index in [0.29, 0.717) is 0 Å². The van der Waals surface area contributed by atoms with Crippen molar-refractivity contribution in [2.75, 3.05) is 0 Å². The largest absolute Gasteiger partial charge is 0.264 e. The fraction of sp³-hybridized carbons (Fsp3) is 0. The van der Waals surface area contributed by atoms with Crippen LogP contribution in [-0.4, -0.2) is 15.0 Å². The third-order valence-electron chi connectivity index (χ3n) is 6.73. The van der Waals surface area contributed by atoms with Crippen LogP contribution in [0.25, 0.3) is 66.2 Å². The predicted octanol–water partition coefficient (Wildman–Crippen LogP) is 8.33. The standard InChI is InChI=1S/C33H21N3/c1-2-8-28-22(5-1)6-3-9-29(28)33-17-13-26-20-24(11-15-31(26)36-33)23-10-14-30-25(19-23)12-16-32(35-30)27-7-4-18-34-21-27/h1-21H. The van der Waals surface area contributed by atoms with E-state index in [1.54, 1.807) is 6.20 Å². The Morgan fingerprint density at radius 3 is 1.89 bits per heavy atom. The van der Waals surface area contributed by atoms with Crippen molar-refractivity contribution >= 4 is 32.6 Å². The molecule has 0 saturated heterocycles. The Labute approximate surface area is 208 Å². The highest BCUT2D eigenvalue weighted by molar-refractivity contribution is 5.97. The van der Waals surface area contributed by atoms with Crippen LogP contribution < -0.4 is 0 Å². The van der Waals surface area contributed by atoms with Crippen LogP contribution in [0.4, 0.5) is 0 Å². The van der Waals surface area contributed by atoms with E-state index in [1.165, 1.54) is 21.9 Å². The average Bonchev–Trinajstić information content (AvgIpc) is 2.96. The van der Waals surface area contributed by atoms with Crippen LogP contribution in [0, 0.1) is 0 Å². The minimum absolute atomic E-state index is 0.933. The normalized spacial score (nSPS) is 11.3. The van der Waals surface area contributed by atoms with Gasteiger partial charge in [0.2, 0.25) is 0 Å². The summed E-state index contributed by atoms with van der Waals surface area (Å²) in [6.45, 7) is 0. The molecule has 3 aromatic heterocycles. The third-order valence-corrected chi connectivity index (χ3v) is 6.73. The highest BCUT2D eigenvalue weighted by Crippen LogP contribution is 2.31. The molecule has 168 valence electrons. The van der Waals surface area contributed by atoms with E-state index in [9.17, 15) is 0 Å².